The van der Waals surface area contributed by atoms with Crippen LogP contribution >= 0.6 is 11.3 Å². The van der Waals surface area contributed by atoms with E-state index in [0.717, 1.165) is 5.56 Å². The third kappa shape index (κ3) is 5.87. The van der Waals surface area contributed by atoms with Crippen molar-refractivity contribution >= 4 is 32.4 Å². The number of hydrogen-bond donors (Lipinski definition) is 1. The Balaban J connectivity index is 1.63. The molecule has 0 unspecified atom stereocenters. The highest BCUT2D eigenvalue weighted by molar-refractivity contribution is 7.89. The van der Waals surface area contributed by atoms with Crippen LogP contribution in [-0.2, 0) is 14.8 Å². The Morgan fingerprint density at radius 1 is 1.06 bits per heavy atom. The summed E-state index contributed by atoms with van der Waals surface area (Å²) in [5.41, 5.74) is 0.917. The lowest BCUT2D eigenvalue weighted by molar-refractivity contribution is -0.116. The van der Waals surface area contributed by atoms with Crippen LogP contribution in [0.4, 0.5) is 5.13 Å². The maximum atomic E-state index is 13.0. The normalized spacial score (nSPS) is 11.5. The summed E-state index contributed by atoms with van der Waals surface area (Å²) in [6, 6.07) is 15.8. The Morgan fingerprint density at radius 2 is 1.77 bits per heavy atom. The number of nitrogens with zero attached hydrogens (tertiary/aromatic N) is 3. The van der Waals surface area contributed by atoms with E-state index in [4.69, 9.17) is 4.74 Å². The van der Waals surface area contributed by atoms with E-state index in [9.17, 15) is 13.2 Å². The molecule has 0 bridgehead atoms. The average Bonchev–Trinajstić information content (AvgIpc) is 3.25. The van der Waals surface area contributed by atoms with Crippen molar-refractivity contribution in [2.75, 3.05) is 25.5 Å². The zero-order chi connectivity index (χ0) is 22.3. The summed E-state index contributed by atoms with van der Waals surface area (Å²) in [6.45, 7) is 2.28. The molecule has 2 aromatic carbocycles. The highest BCUT2D eigenvalue weighted by atomic mass is 32.2. The maximum Gasteiger partial charge on any atom is 0.243 e. The molecule has 31 heavy (non-hydrogen) atoms. The van der Waals surface area contributed by atoms with Gasteiger partial charge in [-0.1, -0.05) is 48.6 Å². The summed E-state index contributed by atoms with van der Waals surface area (Å²) in [7, 11) is -2.20. The lowest BCUT2D eigenvalue weighted by Gasteiger charge is -2.21. The van der Waals surface area contributed by atoms with Gasteiger partial charge in [0.25, 0.3) is 0 Å². The molecule has 0 spiro atoms. The Hall–Kier alpha value is -2.82. The van der Waals surface area contributed by atoms with E-state index in [1.165, 1.54) is 34.9 Å². The molecular weight excluding hydrogens is 436 g/mol. The third-order valence-corrected chi connectivity index (χ3v) is 7.25. The minimum absolute atomic E-state index is 0.00956. The molecule has 1 heterocycles. The van der Waals surface area contributed by atoms with Crippen LogP contribution in [0.1, 0.15) is 19.8 Å². The fourth-order valence-corrected chi connectivity index (χ4v) is 5.18. The van der Waals surface area contributed by atoms with Crippen LogP contribution in [0.2, 0.25) is 0 Å². The monoisotopic (exact) mass is 460 g/mol. The number of anilines is 1. The van der Waals surface area contributed by atoms with Crippen molar-refractivity contribution in [2.45, 2.75) is 24.7 Å². The first-order valence-corrected chi connectivity index (χ1v) is 12.0. The molecule has 8 nitrogen and oxygen atoms in total. The zero-order valence-electron chi connectivity index (χ0n) is 17.3. The maximum absolute atomic E-state index is 13.0. The smallest absolute Gasteiger partial charge is 0.243 e. The standard InChI is InChI=1S/C21H24N4O4S2/c1-3-14-25(31(27,28)18-11-9-17(29-2)10-12-18)15-13-19(26)22-21-24-23-20(30-21)16-7-5-4-6-8-16/h4-12H,3,13-15H2,1-2H3,(H,22,24,26). The van der Waals surface area contributed by atoms with Crippen LogP contribution in [-0.4, -0.2) is 49.0 Å². The molecule has 0 saturated heterocycles. The van der Waals surface area contributed by atoms with Crippen LogP contribution < -0.4 is 10.1 Å². The van der Waals surface area contributed by atoms with E-state index < -0.39 is 10.0 Å². The molecule has 0 atom stereocenters. The van der Waals surface area contributed by atoms with Gasteiger partial charge in [0.15, 0.2) is 0 Å². The second kappa shape index (κ2) is 10.5. The Labute approximate surface area is 185 Å². The zero-order valence-corrected chi connectivity index (χ0v) is 18.9. The summed E-state index contributed by atoms with van der Waals surface area (Å²) in [5.74, 6) is 0.258. The number of aromatic nitrogens is 2. The van der Waals surface area contributed by atoms with E-state index in [-0.39, 0.29) is 23.8 Å². The van der Waals surface area contributed by atoms with Gasteiger partial charge in [-0.3, -0.25) is 4.79 Å². The van der Waals surface area contributed by atoms with Crippen LogP contribution in [0.5, 0.6) is 5.75 Å². The number of carbonyl (C=O) groups is 1. The number of methoxy groups -OCH3 is 1. The summed E-state index contributed by atoms with van der Waals surface area (Å²) in [5, 5.41) is 11.9. The molecule has 0 saturated carbocycles. The van der Waals surface area contributed by atoms with Crippen LogP contribution in [0.3, 0.4) is 0 Å². The first-order valence-electron chi connectivity index (χ1n) is 9.77. The fraction of sp³-hybridized carbons (Fsp3) is 0.286. The molecule has 164 valence electrons. The predicted molar refractivity (Wildman–Crippen MR) is 121 cm³/mol. The molecule has 0 fully saturated rings. The van der Waals surface area contributed by atoms with Crippen LogP contribution in [0.25, 0.3) is 10.6 Å². The number of nitrogens with one attached hydrogen (secondary N) is 1. The van der Waals surface area contributed by atoms with Crippen LogP contribution in [0, 0.1) is 0 Å². The number of amides is 1. The van der Waals surface area contributed by atoms with Gasteiger partial charge in [0.2, 0.25) is 21.1 Å². The summed E-state index contributed by atoms with van der Waals surface area (Å²) in [4.78, 5) is 12.6. The van der Waals surface area contributed by atoms with Crippen molar-refractivity contribution in [2.24, 2.45) is 0 Å². The lowest BCUT2D eigenvalue weighted by atomic mass is 10.2. The topological polar surface area (TPSA) is 101 Å². The predicted octanol–water partition coefficient (Wildman–Crippen LogP) is 3.64. The van der Waals surface area contributed by atoms with E-state index in [0.29, 0.717) is 28.9 Å². The van der Waals surface area contributed by atoms with Gasteiger partial charge in [0.1, 0.15) is 10.8 Å². The molecule has 1 N–H and O–H groups in total. The van der Waals surface area contributed by atoms with Crippen LogP contribution in [0.15, 0.2) is 59.5 Å². The van der Waals surface area contributed by atoms with Crippen molar-refractivity contribution in [3.63, 3.8) is 0 Å². The molecule has 3 aromatic rings. The molecular formula is C21H24N4O4S2. The highest BCUT2D eigenvalue weighted by Crippen LogP contribution is 2.26. The minimum atomic E-state index is -3.72. The van der Waals surface area contributed by atoms with E-state index in [1.54, 1.807) is 12.1 Å². The second-order valence-corrected chi connectivity index (χ2v) is 9.57. The highest BCUT2D eigenvalue weighted by Gasteiger charge is 2.24. The van der Waals surface area contributed by atoms with Crippen molar-refractivity contribution in [3.05, 3.63) is 54.6 Å². The SMILES string of the molecule is CCCN(CCC(=O)Nc1nnc(-c2ccccc2)s1)S(=O)(=O)c1ccc(OC)cc1. The van der Waals surface area contributed by atoms with E-state index >= 15 is 0 Å². The fourth-order valence-electron chi connectivity index (χ4n) is 2.88. The number of carbonyl (C=O) groups excluding carboxylic acids is 1. The lowest BCUT2D eigenvalue weighted by Crippen LogP contribution is -2.34. The number of sulfonamides is 1. The van der Waals surface area contributed by atoms with Crippen molar-refractivity contribution in [1.29, 1.82) is 0 Å². The van der Waals surface area contributed by atoms with Gasteiger partial charge >= 0.3 is 0 Å². The number of rotatable bonds is 10. The molecule has 0 aliphatic rings. The Morgan fingerprint density at radius 3 is 2.42 bits per heavy atom. The van der Waals surface area contributed by atoms with Gasteiger partial charge in [0, 0.05) is 25.1 Å². The van der Waals surface area contributed by atoms with Gasteiger partial charge in [-0.2, -0.15) is 4.31 Å². The van der Waals surface area contributed by atoms with Gasteiger partial charge in [-0.25, -0.2) is 8.42 Å². The van der Waals surface area contributed by atoms with Gasteiger partial charge in [-0.05, 0) is 30.7 Å². The van der Waals surface area contributed by atoms with E-state index in [1.807, 2.05) is 37.3 Å². The second-order valence-electron chi connectivity index (χ2n) is 6.66. The summed E-state index contributed by atoms with van der Waals surface area (Å²) < 4.78 is 32.4. The average molecular weight is 461 g/mol. The summed E-state index contributed by atoms with van der Waals surface area (Å²) >= 11 is 1.27. The van der Waals surface area contributed by atoms with Gasteiger partial charge in [-0.15, -0.1) is 10.2 Å². The van der Waals surface area contributed by atoms with Crippen molar-refractivity contribution in [1.82, 2.24) is 14.5 Å². The third-order valence-electron chi connectivity index (χ3n) is 4.45. The van der Waals surface area contributed by atoms with Gasteiger partial charge in [0.05, 0.1) is 12.0 Å². The molecule has 10 heteroatoms. The summed E-state index contributed by atoms with van der Waals surface area (Å²) in [6.07, 6.45) is 0.642. The van der Waals surface area contributed by atoms with Gasteiger partial charge < -0.3 is 10.1 Å². The number of hydrogen-bond acceptors (Lipinski definition) is 7. The first kappa shape index (κ1) is 22.9. The molecule has 0 aliphatic carbocycles. The Bertz CT molecular complexity index is 1100. The Kier molecular flexibility index (Phi) is 7.72. The number of ether oxygens (including phenoxy) is 1. The molecule has 0 aliphatic heterocycles. The van der Waals surface area contributed by atoms with E-state index in [2.05, 4.69) is 15.5 Å². The number of benzene rings is 2. The quantitative estimate of drug-likeness (QED) is 0.496. The molecule has 0 radical (unpaired) electrons. The molecule has 1 aromatic heterocycles. The largest absolute Gasteiger partial charge is 0.497 e. The van der Waals surface area contributed by atoms with Crippen molar-refractivity contribution in [3.8, 4) is 16.3 Å². The molecule has 3 rings (SSSR count). The van der Waals surface area contributed by atoms with Crippen molar-refractivity contribution < 1.29 is 17.9 Å². The minimum Gasteiger partial charge on any atom is -0.497 e. The molecule has 1 amide bonds. The first-order chi connectivity index (χ1) is 14.9.